The second-order valence-electron chi connectivity index (χ2n) is 31.7. The van der Waals surface area contributed by atoms with Crippen molar-refractivity contribution in [3.05, 3.63) is 97.2 Å². The van der Waals surface area contributed by atoms with E-state index >= 15 is 0 Å². The van der Waals surface area contributed by atoms with E-state index in [1.54, 1.807) is 0 Å². The SMILES string of the molecule is CC/C=C\C/C=C\C/C=C\C/C=C\C/C=C\C/C=C\C/C=C\C/C=C\CCCCCCCCCCC(=O)NC(COC1OC(CO)C(OC2OC(CO)C(OC3OC(CO)C(O)C(O)C3O)C(O)C2O)C(O)C1O)C(O)CCCCCCCCCCCCCCCCCCCCCCCCCCCCCCCCCCC. The molecule has 644 valence electrons. The Morgan fingerprint density at radius 2 is 0.622 bits per heavy atom. The highest BCUT2D eigenvalue weighted by molar-refractivity contribution is 5.76. The predicted molar refractivity (Wildman–Crippen MR) is 447 cm³/mol. The van der Waals surface area contributed by atoms with Crippen LogP contribution in [0.15, 0.2) is 97.2 Å². The van der Waals surface area contributed by atoms with Crippen molar-refractivity contribution in [1.82, 2.24) is 5.32 Å². The van der Waals surface area contributed by atoms with Crippen LogP contribution >= 0.6 is 0 Å². The van der Waals surface area contributed by atoms with E-state index in [1.165, 1.54) is 199 Å². The predicted octanol–water partition coefficient (Wildman–Crippen LogP) is 17.1. The summed E-state index contributed by atoms with van der Waals surface area (Å²) in [4.78, 5) is 13.5. The van der Waals surface area contributed by atoms with E-state index in [4.69, 9.17) is 28.4 Å². The van der Waals surface area contributed by atoms with Crippen LogP contribution in [0.5, 0.6) is 0 Å². The molecule has 3 fully saturated rings. The molecule has 0 aromatic rings. The Morgan fingerprint density at radius 1 is 0.333 bits per heavy atom. The van der Waals surface area contributed by atoms with Gasteiger partial charge in [-0.25, -0.2) is 0 Å². The highest BCUT2D eigenvalue weighted by Gasteiger charge is 2.54. The largest absolute Gasteiger partial charge is 0.394 e. The van der Waals surface area contributed by atoms with E-state index in [2.05, 4.69) is 116 Å². The van der Waals surface area contributed by atoms with Crippen LogP contribution < -0.4 is 5.32 Å². The van der Waals surface area contributed by atoms with Crippen molar-refractivity contribution in [2.75, 3.05) is 26.4 Å². The van der Waals surface area contributed by atoms with Crippen molar-refractivity contribution in [2.24, 2.45) is 0 Å². The van der Waals surface area contributed by atoms with Gasteiger partial charge in [-0.15, -0.1) is 0 Å². The van der Waals surface area contributed by atoms with Crippen LogP contribution in [0.1, 0.15) is 348 Å². The molecule has 0 bridgehead atoms. The molecule has 0 aliphatic carbocycles. The van der Waals surface area contributed by atoms with Gasteiger partial charge in [0.1, 0.15) is 73.2 Å². The minimum atomic E-state index is -1.98. The van der Waals surface area contributed by atoms with E-state index < -0.39 is 124 Å². The third-order valence-corrected chi connectivity index (χ3v) is 21.9. The Hall–Kier alpha value is -3.29. The zero-order chi connectivity index (χ0) is 80.3. The lowest BCUT2D eigenvalue weighted by atomic mass is 9.96. The fourth-order valence-electron chi connectivity index (χ4n) is 14.8. The number of aliphatic hydroxyl groups excluding tert-OH is 11. The second kappa shape index (κ2) is 70.9. The van der Waals surface area contributed by atoms with Crippen molar-refractivity contribution in [1.29, 1.82) is 0 Å². The standard InChI is InChI=1S/C92H163NO18/c1-3-5-7-9-11-13-15-17-19-21-23-25-27-29-31-33-35-37-39-41-43-45-47-49-51-53-55-57-59-61-63-65-67-69-76(97)75(74-106-90-86(104)83(101)88(78(72-95)108-90)111-92-87(105)84(102)89(79(73-96)109-92)110-91-85(103)82(100)81(99)77(71-94)107-91)93-80(98)70-68-66-64-62-60-58-56-54-52-50-48-46-44-42-40-38-36-34-32-30-28-26-24-22-20-18-16-14-12-10-8-6-4-2/h6,8,12,14,18,20,24,26,30,32,36,38,42,44,48,50,75-79,81-92,94-97,99-105H,3-5,7,9-11,13,15-17,19,21-23,25,27-29,31,33-35,37,39-41,43,45-47,49,51-74H2,1-2H3,(H,93,98)/b8-6-,14-12-,20-18-,26-24-,32-30-,38-36-,44-42-,50-48-. The average Bonchev–Trinajstić information content (AvgIpc) is 0.780. The topological polar surface area (TPSA) is 307 Å². The van der Waals surface area contributed by atoms with Crippen LogP contribution in [0.3, 0.4) is 0 Å². The smallest absolute Gasteiger partial charge is 0.220 e. The number of rotatable bonds is 72. The van der Waals surface area contributed by atoms with Crippen LogP contribution in [0.4, 0.5) is 0 Å². The number of hydrogen-bond acceptors (Lipinski definition) is 18. The number of ether oxygens (including phenoxy) is 6. The molecule has 3 rings (SSSR count). The van der Waals surface area contributed by atoms with Crippen LogP contribution in [-0.4, -0.2) is 193 Å². The first-order valence-electron chi connectivity index (χ1n) is 45.0. The Kier molecular flexibility index (Phi) is 65.1. The summed E-state index contributed by atoms with van der Waals surface area (Å²) in [6, 6.07) is -0.901. The van der Waals surface area contributed by atoms with Crippen LogP contribution in [0, 0.1) is 0 Å². The molecule has 3 saturated heterocycles. The molecule has 0 aromatic carbocycles. The highest BCUT2D eigenvalue weighted by atomic mass is 16.8. The molecule has 3 aliphatic rings. The molecule has 0 radical (unpaired) electrons. The van der Waals surface area contributed by atoms with E-state index in [9.17, 15) is 61.0 Å². The monoisotopic (exact) mass is 1570 g/mol. The number of hydrogen-bond donors (Lipinski definition) is 12. The Balaban J connectivity index is 1.34. The second-order valence-corrected chi connectivity index (χ2v) is 31.7. The molecule has 17 atom stereocenters. The lowest BCUT2D eigenvalue weighted by Crippen LogP contribution is -2.66. The zero-order valence-electron chi connectivity index (χ0n) is 69.4. The van der Waals surface area contributed by atoms with Crippen molar-refractivity contribution in [2.45, 2.75) is 452 Å². The maximum Gasteiger partial charge on any atom is 0.220 e. The maximum atomic E-state index is 13.5. The molecular weight excluding hydrogens is 1410 g/mol. The van der Waals surface area contributed by atoms with Gasteiger partial charge in [0.05, 0.1) is 38.6 Å². The van der Waals surface area contributed by atoms with Gasteiger partial charge in [0.2, 0.25) is 5.91 Å². The first kappa shape index (κ1) is 102. The normalized spacial score (nSPS) is 25.5. The summed E-state index contributed by atoms with van der Waals surface area (Å²) in [6.45, 7) is 1.72. The number of unbranched alkanes of at least 4 members (excludes halogenated alkanes) is 40. The molecule has 111 heavy (non-hydrogen) atoms. The summed E-state index contributed by atoms with van der Waals surface area (Å²) in [6.07, 6.45) is 70.8. The molecular formula is C92H163NO18. The number of allylic oxidation sites excluding steroid dienone is 16. The van der Waals surface area contributed by atoms with E-state index in [0.29, 0.717) is 12.8 Å². The lowest BCUT2D eigenvalue weighted by molar-refractivity contribution is -0.379. The van der Waals surface area contributed by atoms with Crippen molar-refractivity contribution in [3.8, 4) is 0 Å². The van der Waals surface area contributed by atoms with Gasteiger partial charge in [0.25, 0.3) is 0 Å². The molecule has 19 heteroatoms. The van der Waals surface area contributed by atoms with E-state index in [-0.39, 0.29) is 18.9 Å². The van der Waals surface area contributed by atoms with Gasteiger partial charge in [0, 0.05) is 6.42 Å². The van der Waals surface area contributed by atoms with Gasteiger partial charge >= 0.3 is 0 Å². The fraction of sp³-hybridized carbons (Fsp3) is 0.815. The number of carbonyl (C=O) groups is 1. The number of nitrogens with one attached hydrogen (secondary N) is 1. The number of amides is 1. The molecule has 1 amide bonds. The van der Waals surface area contributed by atoms with Gasteiger partial charge in [-0.05, 0) is 77.0 Å². The summed E-state index contributed by atoms with van der Waals surface area (Å²) in [5, 5.41) is 121. The van der Waals surface area contributed by atoms with Crippen LogP contribution in [0.2, 0.25) is 0 Å². The minimum Gasteiger partial charge on any atom is -0.394 e. The molecule has 17 unspecified atom stereocenters. The molecule has 12 N–H and O–H groups in total. The molecule has 19 nitrogen and oxygen atoms in total. The summed E-state index contributed by atoms with van der Waals surface area (Å²) < 4.78 is 34.6. The Labute approximate surface area is 673 Å². The van der Waals surface area contributed by atoms with Crippen molar-refractivity contribution >= 4 is 5.91 Å². The van der Waals surface area contributed by atoms with Crippen molar-refractivity contribution in [3.63, 3.8) is 0 Å². The summed E-state index contributed by atoms with van der Waals surface area (Å²) >= 11 is 0. The first-order valence-corrected chi connectivity index (χ1v) is 45.0. The quantitative estimate of drug-likeness (QED) is 0.0199. The third kappa shape index (κ3) is 49.5. The van der Waals surface area contributed by atoms with Gasteiger partial charge < -0.3 is 89.9 Å². The van der Waals surface area contributed by atoms with Crippen LogP contribution in [0.25, 0.3) is 0 Å². The zero-order valence-corrected chi connectivity index (χ0v) is 69.4. The molecule has 0 aromatic heterocycles. The average molecular weight is 1570 g/mol. The van der Waals surface area contributed by atoms with E-state index in [1.807, 2.05) is 0 Å². The molecule has 0 saturated carbocycles. The van der Waals surface area contributed by atoms with Gasteiger partial charge in [-0.1, -0.05) is 361 Å². The summed E-state index contributed by atoms with van der Waals surface area (Å²) in [7, 11) is 0. The molecule has 3 heterocycles. The summed E-state index contributed by atoms with van der Waals surface area (Å²) in [5.74, 6) is -0.251. The van der Waals surface area contributed by atoms with Gasteiger partial charge in [0.15, 0.2) is 18.9 Å². The van der Waals surface area contributed by atoms with Gasteiger partial charge in [-0.3, -0.25) is 4.79 Å². The fourth-order valence-corrected chi connectivity index (χ4v) is 14.8. The van der Waals surface area contributed by atoms with E-state index in [0.717, 1.165) is 116 Å². The summed E-state index contributed by atoms with van der Waals surface area (Å²) in [5.41, 5.74) is 0. The molecule has 3 aliphatic heterocycles. The number of aliphatic hydroxyl groups is 11. The third-order valence-electron chi connectivity index (χ3n) is 21.9. The van der Waals surface area contributed by atoms with Gasteiger partial charge in [-0.2, -0.15) is 0 Å². The molecule has 0 spiro atoms. The number of carbonyl (C=O) groups excluding carboxylic acids is 1. The van der Waals surface area contributed by atoms with Crippen LogP contribution in [-0.2, 0) is 33.2 Å². The maximum absolute atomic E-state index is 13.5. The van der Waals surface area contributed by atoms with Crippen molar-refractivity contribution < 1.29 is 89.4 Å². The minimum absolute atomic E-state index is 0.251. The lowest BCUT2D eigenvalue weighted by Gasteiger charge is -2.48. The highest BCUT2D eigenvalue weighted by Crippen LogP contribution is 2.34. The first-order chi connectivity index (χ1) is 54.3. The Morgan fingerprint density at radius 3 is 0.973 bits per heavy atom. The Bertz CT molecular complexity index is 2380.